The van der Waals surface area contributed by atoms with E-state index in [1.54, 1.807) is 13.1 Å². The number of nitrogens with two attached hydrogens (primary N) is 1. The molecule has 0 atom stereocenters. The van der Waals surface area contributed by atoms with E-state index in [9.17, 15) is 4.39 Å². The molecule has 2 N–H and O–H groups in total. The highest BCUT2D eigenvalue weighted by molar-refractivity contribution is 6.32. The number of ether oxygens (including phenoxy) is 1. The molecule has 0 aliphatic heterocycles. The normalized spacial score (nSPS) is 10.6. The van der Waals surface area contributed by atoms with Crippen LogP contribution < -0.4 is 10.5 Å². The molecule has 0 saturated carbocycles. The number of nitrogens with zero attached hydrogens (tertiary/aromatic N) is 2. The molecule has 0 radical (unpaired) electrons. The van der Waals surface area contributed by atoms with E-state index in [1.165, 1.54) is 23.9 Å². The Hall–Kier alpha value is -1.75. The first kappa shape index (κ1) is 11.7. The molecular formula is C11H11ClFN3O. The minimum Gasteiger partial charge on any atom is -0.495 e. The van der Waals surface area contributed by atoms with E-state index in [4.69, 9.17) is 22.1 Å². The van der Waals surface area contributed by atoms with Gasteiger partial charge in [0.25, 0.3) is 0 Å². The van der Waals surface area contributed by atoms with Crippen LogP contribution in [0, 0.1) is 5.82 Å². The Morgan fingerprint density at radius 1 is 1.41 bits per heavy atom. The van der Waals surface area contributed by atoms with E-state index >= 15 is 0 Å². The van der Waals surface area contributed by atoms with Gasteiger partial charge in [0.2, 0.25) is 0 Å². The first-order chi connectivity index (χ1) is 8.02. The van der Waals surface area contributed by atoms with Gasteiger partial charge >= 0.3 is 0 Å². The number of benzene rings is 1. The number of halogens is 2. The summed E-state index contributed by atoms with van der Waals surface area (Å²) in [7, 11) is 3.11. The van der Waals surface area contributed by atoms with E-state index in [1.807, 2.05) is 0 Å². The second-order valence-electron chi connectivity index (χ2n) is 3.54. The fraction of sp³-hybridized carbons (Fsp3) is 0.182. The summed E-state index contributed by atoms with van der Waals surface area (Å²) in [6.45, 7) is 0. The quantitative estimate of drug-likeness (QED) is 0.897. The maximum Gasteiger partial charge on any atom is 0.140 e. The predicted molar refractivity (Wildman–Crippen MR) is 64.6 cm³/mol. The number of hydrogen-bond donors (Lipinski definition) is 1. The van der Waals surface area contributed by atoms with Crippen molar-refractivity contribution in [1.29, 1.82) is 0 Å². The van der Waals surface area contributed by atoms with Gasteiger partial charge in [-0.15, -0.1) is 0 Å². The molecule has 0 unspecified atom stereocenters. The lowest BCUT2D eigenvalue weighted by Gasteiger charge is -2.05. The lowest BCUT2D eigenvalue weighted by molar-refractivity contribution is 0.411. The fourth-order valence-electron chi connectivity index (χ4n) is 1.49. The maximum atomic E-state index is 13.8. The van der Waals surface area contributed by atoms with Crippen molar-refractivity contribution in [3.05, 3.63) is 29.0 Å². The monoisotopic (exact) mass is 255 g/mol. The van der Waals surface area contributed by atoms with Gasteiger partial charge < -0.3 is 10.5 Å². The molecular weight excluding hydrogens is 245 g/mol. The average molecular weight is 256 g/mol. The zero-order chi connectivity index (χ0) is 12.6. The van der Waals surface area contributed by atoms with E-state index in [0.29, 0.717) is 22.1 Å². The minimum atomic E-state index is -0.454. The van der Waals surface area contributed by atoms with Crippen molar-refractivity contribution in [3.63, 3.8) is 0 Å². The van der Waals surface area contributed by atoms with E-state index < -0.39 is 5.82 Å². The summed E-state index contributed by atoms with van der Waals surface area (Å²) in [5.74, 6) is 0.285. The molecule has 0 amide bonds. The van der Waals surface area contributed by atoms with Crippen LogP contribution in [0.3, 0.4) is 0 Å². The summed E-state index contributed by atoms with van der Waals surface area (Å²) in [6.07, 6.45) is 0. The third-order valence-electron chi connectivity index (χ3n) is 2.43. The molecule has 90 valence electrons. The lowest BCUT2D eigenvalue weighted by Crippen LogP contribution is -1.96. The van der Waals surface area contributed by atoms with E-state index in [2.05, 4.69) is 5.10 Å². The van der Waals surface area contributed by atoms with Gasteiger partial charge in [0.05, 0.1) is 17.8 Å². The molecule has 1 aromatic carbocycles. The van der Waals surface area contributed by atoms with Crippen molar-refractivity contribution in [2.45, 2.75) is 0 Å². The van der Waals surface area contributed by atoms with Crippen LogP contribution in [-0.4, -0.2) is 16.9 Å². The van der Waals surface area contributed by atoms with Crippen LogP contribution in [0.5, 0.6) is 5.75 Å². The Labute approximate surface area is 103 Å². The van der Waals surface area contributed by atoms with Crippen LogP contribution in [0.25, 0.3) is 11.3 Å². The van der Waals surface area contributed by atoms with Crippen molar-refractivity contribution in [2.24, 2.45) is 7.05 Å². The molecule has 4 nitrogen and oxygen atoms in total. The second-order valence-corrected chi connectivity index (χ2v) is 3.95. The summed E-state index contributed by atoms with van der Waals surface area (Å²) < 4.78 is 20.2. The largest absolute Gasteiger partial charge is 0.495 e. The van der Waals surface area contributed by atoms with Gasteiger partial charge in [-0.1, -0.05) is 11.6 Å². The lowest BCUT2D eigenvalue weighted by atomic mass is 10.1. The number of methoxy groups -OCH3 is 1. The van der Waals surface area contributed by atoms with Gasteiger partial charge in [0.1, 0.15) is 17.4 Å². The van der Waals surface area contributed by atoms with Gasteiger partial charge in [0, 0.05) is 24.7 Å². The topological polar surface area (TPSA) is 53.1 Å². The molecule has 1 heterocycles. The number of nitrogen functional groups attached to an aromatic ring is 1. The summed E-state index contributed by atoms with van der Waals surface area (Å²) in [6, 6.07) is 4.28. The zero-order valence-corrected chi connectivity index (χ0v) is 10.1. The minimum absolute atomic E-state index is 0.289. The van der Waals surface area contributed by atoms with Crippen LogP contribution in [0.4, 0.5) is 10.2 Å². The second kappa shape index (κ2) is 4.25. The summed E-state index contributed by atoms with van der Waals surface area (Å²) in [5, 5.41) is 4.42. The molecule has 1 aromatic heterocycles. The molecule has 0 saturated heterocycles. The Kier molecular flexibility index (Phi) is 2.93. The molecule has 0 aliphatic carbocycles. The average Bonchev–Trinajstić information content (AvgIpc) is 2.61. The Morgan fingerprint density at radius 2 is 2.12 bits per heavy atom. The van der Waals surface area contributed by atoms with Crippen molar-refractivity contribution in [3.8, 4) is 17.0 Å². The third-order valence-corrected chi connectivity index (χ3v) is 2.73. The molecule has 0 fully saturated rings. The van der Waals surface area contributed by atoms with Crippen molar-refractivity contribution < 1.29 is 9.13 Å². The van der Waals surface area contributed by atoms with Crippen molar-refractivity contribution in [2.75, 3.05) is 12.8 Å². The van der Waals surface area contributed by atoms with Gasteiger partial charge in [0.15, 0.2) is 0 Å². The van der Waals surface area contributed by atoms with Gasteiger partial charge in [-0.25, -0.2) is 4.39 Å². The Morgan fingerprint density at radius 3 is 2.65 bits per heavy atom. The molecule has 0 spiro atoms. The van der Waals surface area contributed by atoms with Gasteiger partial charge in [-0.05, 0) is 6.07 Å². The van der Waals surface area contributed by atoms with Crippen LogP contribution in [0.2, 0.25) is 5.02 Å². The first-order valence-corrected chi connectivity index (χ1v) is 5.23. The Bertz CT molecular complexity index is 549. The fourth-order valence-corrected chi connectivity index (χ4v) is 1.74. The van der Waals surface area contributed by atoms with Crippen LogP contribution in [0.1, 0.15) is 0 Å². The number of hydrogen-bond acceptors (Lipinski definition) is 3. The van der Waals surface area contributed by atoms with Crippen LogP contribution in [-0.2, 0) is 7.05 Å². The number of anilines is 1. The van der Waals surface area contributed by atoms with Crippen molar-refractivity contribution in [1.82, 2.24) is 9.78 Å². The standard InChI is InChI=1S/C11H11ClFN3O/c1-16-11(14)5-9(15-16)6-3-7(12)10(17-2)4-8(6)13/h3-5H,14H2,1-2H3. The zero-order valence-electron chi connectivity index (χ0n) is 9.37. The number of aryl methyl sites for hydroxylation is 1. The molecule has 0 bridgehead atoms. The smallest absolute Gasteiger partial charge is 0.140 e. The SMILES string of the molecule is COc1cc(F)c(-c2cc(N)n(C)n2)cc1Cl. The summed E-state index contributed by atoms with van der Waals surface area (Å²) in [4.78, 5) is 0. The third kappa shape index (κ3) is 2.06. The number of rotatable bonds is 2. The molecule has 17 heavy (non-hydrogen) atoms. The first-order valence-electron chi connectivity index (χ1n) is 4.86. The highest BCUT2D eigenvalue weighted by Crippen LogP contribution is 2.32. The van der Waals surface area contributed by atoms with Gasteiger partial charge in [-0.2, -0.15) is 5.10 Å². The molecule has 2 rings (SSSR count). The van der Waals surface area contributed by atoms with Gasteiger partial charge in [-0.3, -0.25) is 4.68 Å². The van der Waals surface area contributed by atoms with Crippen LogP contribution >= 0.6 is 11.6 Å². The Balaban J connectivity index is 2.56. The summed E-state index contributed by atoms with van der Waals surface area (Å²) in [5.41, 5.74) is 6.37. The van der Waals surface area contributed by atoms with Crippen molar-refractivity contribution >= 4 is 17.4 Å². The highest BCUT2D eigenvalue weighted by atomic mass is 35.5. The number of aromatic nitrogens is 2. The molecule has 6 heteroatoms. The summed E-state index contributed by atoms with van der Waals surface area (Å²) >= 11 is 5.94. The van der Waals surface area contributed by atoms with E-state index in [-0.39, 0.29) is 5.75 Å². The van der Waals surface area contributed by atoms with Crippen LogP contribution in [0.15, 0.2) is 18.2 Å². The predicted octanol–water partition coefficient (Wildman–Crippen LogP) is 2.47. The molecule has 0 aliphatic rings. The maximum absolute atomic E-state index is 13.8. The van der Waals surface area contributed by atoms with E-state index in [0.717, 1.165) is 0 Å². The molecule has 2 aromatic rings. The highest BCUT2D eigenvalue weighted by Gasteiger charge is 2.14.